The Bertz CT molecular complexity index is 152. The maximum absolute atomic E-state index is 10.3. The quantitative estimate of drug-likeness (QED) is 0.672. The molecule has 2 fully saturated rings. The first-order valence-electron chi connectivity index (χ1n) is 5.43. The predicted octanol–water partition coefficient (Wildman–Crippen LogP) is 2.73. The van der Waals surface area contributed by atoms with Crippen molar-refractivity contribution in [3.05, 3.63) is 0 Å². The monoisotopic (exact) mass is 168 g/mol. The normalized spacial score (nSPS) is 31.5. The fraction of sp³-hybridized carbons (Fsp3) is 1.00. The molecule has 0 radical (unpaired) electrons. The van der Waals surface area contributed by atoms with Crippen molar-refractivity contribution in [2.75, 3.05) is 0 Å². The summed E-state index contributed by atoms with van der Waals surface area (Å²) in [4.78, 5) is 0. The maximum Gasteiger partial charge on any atom is 0.0675 e. The van der Waals surface area contributed by atoms with Gasteiger partial charge in [-0.25, -0.2) is 0 Å². The summed E-state index contributed by atoms with van der Waals surface area (Å²) in [6.45, 7) is 2.07. The van der Waals surface area contributed by atoms with Gasteiger partial charge in [0.2, 0.25) is 0 Å². The van der Waals surface area contributed by atoms with E-state index in [1.165, 1.54) is 44.9 Å². The first-order valence-corrected chi connectivity index (χ1v) is 5.43. The van der Waals surface area contributed by atoms with Crippen LogP contribution in [0.3, 0.4) is 0 Å². The van der Waals surface area contributed by atoms with Crippen LogP contribution in [0.2, 0.25) is 0 Å². The summed E-state index contributed by atoms with van der Waals surface area (Å²) in [5.41, 5.74) is -0.319. The van der Waals surface area contributed by atoms with Gasteiger partial charge in [0.1, 0.15) is 0 Å². The first kappa shape index (κ1) is 8.55. The lowest BCUT2D eigenvalue weighted by Gasteiger charge is -2.35. The van der Waals surface area contributed by atoms with Crippen molar-refractivity contribution in [3.8, 4) is 0 Å². The van der Waals surface area contributed by atoms with Crippen molar-refractivity contribution in [3.63, 3.8) is 0 Å². The van der Waals surface area contributed by atoms with E-state index in [1.54, 1.807) is 0 Å². The van der Waals surface area contributed by atoms with Crippen molar-refractivity contribution in [1.82, 2.24) is 0 Å². The van der Waals surface area contributed by atoms with E-state index in [-0.39, 0.29) is 5.60 Å². The van der Waals surface area contributed by atoms with Gasteiger partial charge in [0.25, 0.3) is 0 Å². The van der Waals surface area contributed by atoms with Crippen LogP contribution in [0.4, 0.5) is 0 Å². The summed E-state index contributed by atoms with van der Waals surface area (Å²) >= 11 is 0. The zero-order chi connectivity index (χ0) is 8.60. The molecule has 1 heteroatoms. The van der Waals surface area contributed by atoms with Crippen LogP contribution in [-0.4, -0.2) is 10.7 Å². The van der Waals surface area contributed by atoms with Crippen LogP contribution >= 0.6 is 0 Å². The van der Waals surface area contributed by atoms with Gasteiger partial charge in [-0.15, -0.1) is 0 Å². The van der Waals surface area contributed by atoms with Crippen LogP contribution in [0.25, 0.3) is 0 Å². The zero-order valence-corrected chi connectivity index (χ0v) is 8.05. The molecule has 0 aromatic carbocycles. The third-order valence-corrected chi connectivity index (χ3v) is 3.84. The molecule has 0 bridgehead atoms. The molecule has 12 heavy (non-hydrogen) atoms. The second-order valence-corrected chi connectivity index (χ2v) is 4.84. The Hall–Kier alpha value is -0.0400. The van der Waals surface area contributed by atoms with Gasteiger partial charge in [-0.1, -0.05) is 19.3 Å². The topological polar surface area (TPSA) is 20.2 Å². The summed E-state index contributed by atoms with van der Waals surface area (Å²) in [7, 11) is 0. The lowest BCUT2D eigenvalue weighted by Crippen LogP contribution is -2.38. The van der Waals surface area contributed by atoms with E-state index in [4.69, 9.17) is 0 Å². The third kappa shape index (κ3) is 1.52. The van der Waals surface area contributed by atoms with Gasteiger partial charge in [0.05, 0.1) is 5.60 Å². The number of hydrogen-bond donors (Lipinski definition) is 1. The molecule has 1 unspecified atom stereocenters. The number of rotatable bonds is 2. The summed E-state index contributed by atoms with van der Waals surface area (Å²) in [5, 5.41) is 10.3. The fourth-order valence-electron chi connectivity index (χ4n) is 2.69. The first-order chi connectivity index (χ1) is 5.71. The average Bonchev–Trinajstić information content (AvgIpc) is 2.88. The molecule has 0 heterocycles. The van der Waals surface area contributed by atoms with Crippen LogP contribution < -0.4 is 0 Å². The van der Waals surface area contributed by atoms with Crippen molar-refractivity contribution in [2.24, 2.45) is 11.8 Å². The molecule has 70 valence electrons. The Kier molecular flexibility index (Phi) is 2.16. The lowest BCUT2D eigenvalue weighted by atomic mass is 9.75. The van der Waals surface area contributed by atoms with Gasteiger partial charge in [-0.05, 0) is 44.4 Å². The van der Waals surface area contributed by atoms with E-state index in [1.807, 2.05) is 0 Å². The van der Waals surface area contributed by atoms with Gasteiger partial charge in [0, 0.05) is 0 Å². The van der Waals surface area contributed by atoms with Crippen LogP contribution in [0.1, 0.15) is 51.9 Å². The molecular weight excluding hydrogens is 148 g/mol. The molecule has 0 spiro atoms. The second kappa shape index (κ2) is 3.02. The molecule has 1 N–H and O–H groups in total. The summed E-state index contributed by atoms with van der Waals surface area (Å²) in [6.07, 6.45) is 9.14. The highest BCUT2D eigenvalue weighted by Gasteiger charge is 2.45. The lowest BCUT2D eigenvalue weighted by molar-refractivity contribution is -0.0357. The van der Waals surface area contributed by atoms with Crippen molar-refractivity contribution in [1.29, 1.82) is 0 Å². The van der Waals surface area contributed by atoms with E-state index in [9.17, 15) is 5.11 Å². The summed E-state index contributed by atoms with van der Waals surface area (Å²) in [6, 6.07) is 0. The molecule has 0 aromatic rings. The Morgan fingerprint density at radius 2 is 1.42 bits per heavy atom. The minimum absolute atomic E-state index is 0.319. The van der Waals surface area contributed by atoms with E-state index < -0.39 is 0 Å². The second-order valence-electron chi connectivity index (χ2n) is 4.84. The Morgan fingerprint density at radius 1 is 0.917 bits per heavy atom. The smallest absolute Gasteiger partial charge is 0.0675 e. The van der Waals surface area contributed by atoms with Gasteiger partial charge in [0.15, 0.2) is 0 Å². The Labute approximate surface area is 75.2 Å². The Morgan fingerprint density at radius 3 is 1.92 bits per heavy atom. The minimum Gasteiger partial charge on any atom is -0.390 e. The predicted molar refractivity (Wildman–Crippen MR) is 49.9 cm³/mol. The molecule has 0 aliphatic heterocycles. The van der Waals surface area contributed by atoms with E-state index >= 15 is 0 Å². The molecule has 0 amide bonds. The van der Waals surface area contributed by atoms with Gasteiger partial charge < -0.3 is 5.11 Å². The highest BCUT2D eigenvalue weighted by molar-refractivity contribution is 4.96. The van der Waals surface area contributed by atoms with E-state index in [2.05, 4.69) is 6.92 Å². The van der Waals surface area contributed by atoms with Crippen molar-refractivity contribution in [2.45, 2.75) is 57.5 Å². The largest absolute Gasteiger partial charge is 0.390 e. The minimum atomic E-state index is -0.319. The van der Waals surface area contributed by atoms with Crippen LogP contribution in [0.5, 0.6) is 0 Å². The molecule has 0 aromatic heterocycles. The summed E-state index contributed by atoms with van der Waals surface area (Å²) < 4.78 is 0. The maximum atomic E-state index is 10.3. The van der Waals surface area contributed by atoms with Crippen molar-refractivity contribution < 1.29 is 5.11 Å². The van der Waals surface area contributed by atoms with Crippen molar-refractivity contribution >= 4 is 0 Å². The fourth-order valence-corrected chi connectivity index (χ4v) is 2.69. The molecule has 2 rings (SSSR count). The molecule has 2 aliphatic rings. The van der Waals surface area contributed by atoms with E-state index in [0.29, 0.717) is 11.8 Å². The standard InChI is InChI=1S/C11H20O/c1-11(12,10-7-8-10)9-5-3-2-4-6-9/h9-10,12H,2-8H2,1H3. The molecule has 1 atom stereocenters. The van der Waals surface area contributed by atoms with Gasteiger partial charge in [-0.2, -0.15) is 0 Å². The SMILES string of the molecule is CC(O)(C1CCCCC1)C1CC1. The molecule has 1 nitrogen and oxygen atoms in total. The highest BCUT2D eigenvalue weighted by Crippen LogP contribution is 2.47. The van der Waals surface area contributed by atoms with Gasteiger partial charge in [-0.3, -0.25) is 0 Å². The van der Waals surface area contributed by atoms with Gasteiger partial charge >= 0.3 is 0 Å². The molecule has 2 saturated carbocycles. The average molecular weight is 168 g/mol. The number of aliphatic hydroxyl groups is 1. The van der Waals surface area contributed by atoms with E-state index in [0.717, 1.165) is 0 Å². The zero-order valence-electron chi connectivity index (χ0n) is 8.05. The third-order valence-electron chi connectivity index (χ3n) is 3.84. The highest BCUT2D eigenvalue weighted by atomic mass is 16.3. The molecular formula is C11H20O. The molecule has 2 aliphatic carbocycles. The molecule has 0 saturated heterocycles. The number of hydrogen-bond acceptors (Lipinski definition) is 1. The van der Waals surface area contributed by atoms with Crippen LogP contribution in [0, 0.1) is 11.8 Å². The summed E-state index contributed by atoms with van der Waals surface area (Å²) in [5.74, 6) is 1.25. The Balaban J connectivity index is 1.95. The van der Waals surface area contributed by atoms with Crippen LogP contribution in [0.15, 0.2) is 0 Å². The van der Waals surface area contributed by atoms with Crippen LogP contribution in [-0.2, 0) is 0 Å².